The maximum Gasteiger partial charge on any atom is 0.252 e. The number of carbonyl (C=O) groups is 1. The first kappa shape index (κ1) is 45.7. The number of nitrogens with zero attached hydrogens (tertiary/aromatic N) is 12. The quantitative estimate of drug-likeness (QED) is 0.0713. The fraction of sp³-hybridized carbons (Fsp3) is 0.340. The fourth-order valence-electron chi connectivity index (χ4n) is 9.50. The van der Waals surface area contributed by atoms with Crippen LogP contribution in [0.5, 0.6) is 5.75 Å². The van der Waals surface area contributed by atoms with E-state index >= 15 is 0 Å². The number of piperidine rings is 1. The number of aromatic nitrogens is 9. The number of ether oxygens (including phenoxy) is 1. The molecule has 0 aliphatic carbocycles. The number of hydrogen-bond donors (Lipinski definition) is 4. The molecule has 0 bridgehead atoms. The number of imidazole rings is 1. The van der Waals surface area contributed by atoms with E-state index in [0.717, 1.165) is 75.1 Å². The Labute approximate surface area is 408 Å². The van der Waals surface area contributed by atoms with Gasteiger partial charge in [-0.15, -0.1) is 0 Å². The SMILES string of the molecule is C=C(Cn1c(CNc2nc(N3C[C@@H]4CCCN[C@@H]4C3)nc3c(Br)cnn23)nc2cc(C)ccc21)C(=O)Nc1cc(Nc2nccc(-c3cn(C)c4ccccc34)n2)c(OC)cc1N(C)CCN(C)C. The Bertz CT molecular complexity index is 3220. The van der Waals surface area contributed by atoms with Crippen LogP contribution in [-0.2, 0) is 24.9 Å². The molecule has 0 radical (unpaired) electrons. The van der Waals surface area contributed by atoms with Gasteiger partial charge in [-0.2, -0.15) is 19.6 Å². The first-order valence-electron chi connectivity index (χ1n) is 23.2. The van der Waals surface area contributed by atoms with Crippen molar-refractivity contribution in [1.29, 1.82) is 0 Å². The number of nitrogens with one attached hydrogen (secondary N) is 4. The Hall–Kier alpha value is -7.09. The molecule has 5 aromatic heterocycles. The van der Waals surface area contributed by atoms with Crippen LogP contribution in [-0.4, -0.2) is 121 Å². The molecule has 2 saturated heterocycles. The first-order valence-corrected chi connectivity index (χ1v) is 24.0. The van der Waals surface area contributed by atoms with Crippen molar-refractivity contribution in [2.75, 3.05) is 86.7 Å². The van der Waals surface area contributed by atoms with E-state index in [-0.39, 0.29) is 19.0 Å². The lowest BCUT2D eigenvalue weighted by Gasteiger charge is -2.26. The van der Waals surface area contributed by atoms with E-state index in [9.17, 15) is 4.79 Å². The van der Waals surface area contributed by atoms with Crippen molar-refractivity contribution >= 4 is 84.3 Å². The van der Waals surface area contributed by atoms with E-state index in [1.54, 1.807) is 24.0 Å². The molecule has 0 unspecified atom stereocenters. The van der Waals surface area contributed by atoms with Crippen molar-refractivity contribution in [2.45, 2.75) is 38.9 Å². The third kappa shape index (κ3) is 9.28. The number of methoxy groups -OCH3 is 1. The fourth-order valence-corrected chi connectivity index (χ4v) is 9.84. The second kappa shape index (κ2) is 19.1. The van der Waals surface area contributed by atoms with Crippen molar-refractivity contribution in [3.05, 3.63) is 107 Å². The molecular weight excluding hydrogens is 937 g/mol. The van der Waals surface area contributed by atoms with Crippen molar-refractivity contribution in [2.24, 2.45) is 13.0 Å². The zero-order valence-electron chi connectivity index (χ0n) is 39.8. The molecule has 3 aromatic carbocycles. The molecule has 69 heavy (non-hydrogen) atoms. The number of likely N-dealkylation sites (N-methyl/N-ethyl adjacent to an activating group) is 2. The van der Waals surface area contributed by atoms with Gasteiger partial charge in [-0.3, -0.25) is 4.79 Å². The van der Waals surface area contributed by atoms with Crippen molar-refractivity contribution in [3.8, 4) is 17.0 Å². The molecule has 18 nitrogen and oxygen atoms in total. The van der Waals surface area contributed by atoms with Gasteiger partial charge in [-0.25, -0.2) is 15.0 Å². The standard InChI is InChI=1S/C50H57BrN16O2/c1-30-14-15-42-37(21-30)56-45(25-54-49-61-50(60-46-35(51)24-55-67(46)49)65-27-32-11-10-17-52-40(32)29-65)66(42)26-31(2)47(68)57-38-22-39(44(69-7)23-43(38)63(5)20-19-62(3)4)59-48-53-18-16-36(58-48)34-28-64(6)41-13-9-8-12-33(34)41/h8-9,12-16,18,21-24,28,32,40,52H,2,10-11,17,19-20,25-27,29H2,1,3-7H3,(H,57,68)(H,53,58,59)(H,54,60,61)/t32-,40+/m0/s1. The van der Waals surface area contributed by atoms with Crippen molar-refractivity contribution < 1.29 is 9.53 Å². The van der Waals surface area contributed by atoms with Gasteiger partial charge in [0.15, 0.2) is 5.65 Å². The molecule has 0 spiro atoms. The number of amides is 1. The second-order valence-electron chi connectivity index (χ2n) is 18.3. The molecule has 4 N–H and O–H groups in total. The summed E-state index contributed by atoms with van der Waals surface area (Å²) in [7, 11) is 9.71. The highest BCUT2D eigenvalue weighted by Crippen LogP contribution is 2.39. The zero-order valence-corrected chi connectivity index (χ0v) is 41.4. The number of benzene rings is 3. The number of carbonyl (C=O) groups excluding carboxylic acids is 1. The normalized spacial score (nSPS) is 15.9. The summed E-state index contributed by atoms with van der Waals surface area (Å²) in [5.74, 6) is 3.04. The number of halogens is 1. The molecular formula is C50H57BrN16O2. The first-order chi connectivity index (χ1) is 33.4. The third-order valence-corrected chi connectivity index (χ3v) is 13.7. The van der Waals surface area contributed by atoms with E-state index < -0.39 is 0 Å². The van der Waals surface area contributed by atoms with Gasteiger partial charge in [0.2, 0.25) is 17.8 Å². The van der Waals surface area contributed by atoms with Crippen LogP contribution < -0.4 is 35.8 Å². The van der Waals surface area contributed by atoms with Gasteiger partial charge in [-0.1, -0.05) is 30.8 Å². The number of para-hydroxylation sites is 1. The van der Waals surface area contributed by atoms with E-state index in [2.05, 4.69) is 91.5 Å². The summed E-state index contributed by atoms with van der Waals surface area (Å²) in [6, 6.07) is 20.5. The Morgan fingerprint density at radius 2 is 1.86 bits per heavy atom. The van der Waals surface area contributed by atoms with Crippen molar-refractivity contribution in [1.82, 2.24) is 53.9 Å². The van der Waals surface area contributed by atoms with Crippen LogP contribution in [0.15, 0.2) is 95.9 Å². The van der Waals surface area contributed by atoms with Crippen LogP contribution in [0.1, 0.15) is 24.2 Å². The Morgan fingerprint density at radius 1 is 1.00 bits per heavy atom. The van der Waals surface area contributed by atoms with Gasteiger partial charge >= 0.3 is 0 Å². The highest BCUT2D eigenvalue weighted by molar-refractivity contribution is 9.10. The summed E-state index contributed by atoms with van der Waals surface area (Å²) in [4.78, 5) is 45.5. The topological polar surface area (TPSA) is 176 Å². The molecule has 8 aromatic rings. The van der Waals surface area contributed by atoms with Gasteiger partial charge < -0.3 is 49.8 Å². The summed E-state index contributed by atoms with van der Waals surface area (Å²) in [5, 5.41) is 19.5. The molecule has 2 fully saturated rings. The van der Waals surface area contributed by atoms with Crippen LogP contribution in [0.25, 0.3) is 38.8 Å². The number of hydrogen-bond acceptors (Lipinski definition) is 14. The molecule has 356 valence electrons. The Balaban J connectivity index is 0.927. The van der Waals surface area contributed by atoms with Crippen LogP contribution in [0.4, 0.5) is 34.9 Å². The average molecular weight is 994 g/mol. The van der Waals surface area contributed by atoms with E-state index in [1.165, 1.54) is 12.8 Å². The minimum atomic E-state index is -0.348. The molecule has 2 atom stereocenters. The van der Waals surface area contributed by atoms with E-state index in [4.69, 9.17) is 24.7 Å². The number of fused-ring (bicyclic) bond motifs is 4. The summed E-state index contributed by atoms with van der Waals surface area (Å²) in [6.45, 7) is 11.1. The van der Waals surface area contributed by atoms with Crippen LogP contribution >= 0.6 is 15.9 Å². The Kier molecular flexibility index (Phi) is 12.7. The molecule has 2 aliphatic rings. The third-order valence-electron chi connectivity index (χ3n) is 13.2. The molecule has 7 heterocycles. The number of rotatable bonds is 16. The predicted molar refractivity (Wildman–Crippen MR) is 277 cm³/mol. The van der Waals surface area contributed by atoms with E-state index in [1.807, 2.05) is 88.2 Å². The van der Waals surface area contributed by atoms with Crippen LogP contribution in [0.2, 0.25) is 0 Å². The van der Waals surface area contributed by atoms with E-state index in [0.29, 0.717) is 70.5 Å². The monoisotopic (exact) mass is 992 g/mol. The largest absolute Gasteiger partial charge is 0.494 e. The lowest BCUT2D eigenvalue weighted by atomic mass is 9.94. The smallest absolute Gasteiger partial charge is 0.252 e. The highest BCUT2D eigenvalue weighted by atomic mass is 79.9. The van der Waals surface area contributed by atoms with Crippen LogP contribution in [0.3, 0.4) is 0 Å². The number of aryl methyl sites for hydroxylation is 2. The maximum atomic E-state index is 14.5. The molecule has 19 heteroatoms. The minimum Gasteiger partial charge on any atom is -0.494 e. The average Bonchev–Trinajstić information content (AvgIpc) is 4.13. The molecule has 0 saturated carbocycles. The lowest BCUT2D eigenvalue weighted by molar-refractivity contribution is -0.113. The summed E-state index contributed by atoms with van der Waals surface area (Å²) in [5.41, 5.74) is 8.54. The molecule has 10 rings (SSSR count). The van der Waals surface area contributed by atoms with Gasteiger partial charge in [0.25, 0.3) is 5.91 Å². The van der Waals surface area contributed by atoms with Gasteiger partial charge in [-0.05, 0) is 98.1 Å². The predicted octanol–water partition coefficient (Wildman–Crippen LogP) is 7.24. The second-order valence-corrected chi connectivity index (χ2v) is 19.2. The zero-order chi connectivity index (χ0) is 47.9. The lowest BCUT2D eigenvalue weighted by Crippen LogP contribution is -2.40. The van der Waals surface area contributed by atoms with Crippen LogP contribution in [0, 0.1) is 12.8 Å². The van der Waals surface area contributed by atoms with Gasteiger partial charge in [0.05, 0.1) is 64.7 Å². The maximum absolute atomic E-state index is 14.5. The summed E-state index contributed by atoms with van der Waals surface area (Å²) < 4.78 is 12.6. The van der Waals surface area contributed by atoms with Gasteiger partial charge in [0, 0.05) is 86.8 Å². The molecule has 2 aliphatic heterocycles. The summed E-state index contributed by atoms with van der Waals surface area (Å²) in [6.07, 6.45) is 7.92. The highest BCUT2D eigenvalue weighted by Gasteiger charge is 2.36. The number of anilines is 6. The summed E-state index contributed by atoms with van der Waals surface area (Å²) >= 11 is 3.66. The van der Waals surface area contributed by atoms with Gasteiger partial charge in [0.1, 0.15) is 11.6 Å². The Morgan fingerprint density at radius 3 is 2.68 bits per heavy atom. The minimum absolute atomic E-state index is 0.172. The molecule has 1 amide bonds. The van der Waals surface area contributed by atoms with Crippen molar-refractivity contribution in [3.63, 3.8) is 0 Å².